The molecule has 10 nitrogen and oxygen atoms in total. The van der Waals surface area contributed by atoms with Gasteiger partial charge in [-0.05, 0) is 19.4 Å². The number of H-pyrrole nitrogens is 1. The minimum absolute atomic E-state index is 0.0602. The molecule has 0 radical (unpaired) electrons. The van der Waals surface area contributed by atoms with Gasteiger partial charge in [0, 0.05) is 45.0 Å². The zero-order valence-electron chi connectivity index (χ0n) is 16.2. The van der Waals surface area contributed by atoms with Crippen molar-refractivity contribution in [1.29, 1.82) is 5.26 Å². The number of hydrogen-bond acceptors (Lipinski definition) is 7. The zero-order chi connectivity index (χ0) is 20.1. The van der Waals surface area contributed by atoms with Crippen molar-refractivity contribution in [3.8, 4) is 6.19 Å². The first-order valence-electron chi connectivity index (χ1n) is 9.34. The average Bonchev–Trinajstić information content (AvgIpc) is 3.08. The molecule has 3 N–H and O–H groups in total. The van der Waals surface area contributed by atoms with E-state index in [1.807, 2.05) is 24.2 Å². The van der Waals surface area contributed by atoms with Crippen LogP contribution in [-0.2, 0) is 0 Å². The van der Waals surface area contributed by atoms with E-state index in [2.05, 4.69) is 31.8 Å². The van der Waals surface area contributed by atoms with Crippen molar-refractivity contribution in [3.63, 3.8) is 0 Å². The first-order chi connectivity index (χ1) is 13.6. The molecule has 2 aromatic heterocycles. The summed E-state index contributed by atoms with van der Waals surface area (Å²) in [5, 5.41) is 28.8. The molecule has 150 valence electrons. The first-order valence-corrected chi connectivity index (χ1v) is 9.34. The second-order valence-electron chi connectivity index (χ2n) is 6.83. The van der Waals surface area contributed by atoms with Gasteiger partial charge in [0.2, 0.25) is 12.2 Å². The Morgan fingerprint density at radius 1 is 1.36 bits per heavy atom. The van der Waals surface area contributed by atoms with Crippen molar-refractivity contribution in [2.75, 3.05) is 50.8 Å². The van der Waals surface area contributed by atoms with Crippen LogP contribution in [-0.4, -0.2) is 92.9 Å². The molecule has 28 heavy (non-hydrogen) atoms. The molecular formula is C18H26N8O2. The van der Waals surface area contributed by atoms with Crippen LogP contribution in [0.3, 0.4) is 0 Å². The van der Waals surface area contributed by atoms with Crippen LogP contribution in [0, 0.1) is 18.4 Å². The molecule has 1 atom stereocenters. The molecule has 0 bridgehead atoms. The van der Waals surface area contributed by atoms with E-state index in [4.69, 9.17) is 5.26 Å². The van der Waals surface area contributed by atoms with E-state index in [0.717, 1.165) is 22.4 Å². The Morgan fingerprint density at radius 2 is 2.11 bits per heavy atom. The number of rotatable bonds is 5. The lowest BCUT2D eigenvalue weighted by atomic mass is 10.1. The van der Waals surface area contributed by atoms with E-state index in [-0.39, 0.29) is 19.3 Å². The van der Waals surface area contributed by atoms with Gasteiger partial charge >= 0.3 is 0 Å². The van der Waals surface area contributed by atoms with Crippen molar-refractivity contribution in [3.05, 3.63) is 18.1 Å². The van der Waals surface area contributed by atoms with Gasteiger partial charge in [-0.2, -0.15) is 5.26 Å². The van der Waals surface area contributed by atoms with Gasteiger partial charge in [-0.1, -0.05) is 0 Å². The van der Waals surface area contributed by atoms with E-state index < -0.39 is 0 Å². The summed E-state index contributed by atoms with van der Waals surface area (Å²) < 4.78 is 0. The van der Waals surface area contributed by atoms with Crippen molar-refractivity contribution in [2.45, 2.75) is 19.9 Å². The highest BCUT2D eigenvalue weighted by Gasteiger charge is 2.30. The predicted octanol–water partition coefficient (Wildman–Crippen LogP) is -0.0995. The number of fused-ring (bicyclic) bond motifs is 1. The molecule has 0 saturated carbocycles. The van der Waals surface area contributed by atoms with Crippen LogP contribution in [0.4, 0.5) is 5.82 Å². The van der Waals surface area contributed by atoms with Crippen LogP contribution in [0.5, 0.6) is 0 Å². The van der Waals surface area contributed by atoms with Crippen LogP contribution in [0.2, 0.25) is 0 Å². The van der Waals surface area contributed by atoms with Crippen molar-refractivity contribution in [2.24, 2.45) is 4.99 Å². The normalized spacial score (nSPS) is 17.8. The van der Waals surface area contributed by atoms with Crippen molar-refractivity contribution < 1.29 is 10.2 Å². The second kappa shape index (κ2) is 8.86. The molecule has 1 aliphatic rings. The molecule has 1 fully saturated rings. The summed E-state index contributed by atoms with van der Waals surface area (Å²) in [6.07, 6.45) is 5.36. The number of nitrogens with one attached hydrogen (secondary N) is 1. The fourth-order valence-corrected chi connectivity index (χ4v) is 3.70. The number of piperazine rings is 1. The largest absolute Gasteiger partial charge is 0.395 e. The highest BCUT2D eigenvalue weighted by molar-refractivity contribution is 5.90. The maximum Gasteiger partial charge on any atom is 0.213 e. The molecule has 3 rings (SSSR count). The number of aromatic amines is 1. The van der Waals surface area contributed by atoms with Crippen molar-refractivity contribution in [1.82, 2.24) is 24.8 Å². The summed E-state index contributed by atoms with van der Waals surface area (Å²) in [5.74, 6) is 1.39. The number of aliphatic hydroxyl groups is 2. The molecule has 10 heteroatoms. The average molecular weight is 386 g/mol. The van der Waals surface area contributed by atoms with Gasteiger partial charge in [-0.3, -0.25) is 0 Å². The molecule has 0 aromatic carbocycles. The van der Waals surface area contributed by atoms with E-state index in [9.17, 15) is 10.2 Å². The van der Waals surface area contributed by atoms with Gasteiger partial charge in [-0.15, -0.1) is 4.99 Å². The predicted molar refractivity (Wildman–Crippen MR) is 106 cm³/mol. The summed E-state index contributed by atoms with van der Waals surface area (Å²) in [4.78, 5) is 22.0. The van der Waals surface area contributed by atoms with Crippen LogP contribution in [0.25, 0.3) is 11.0 Å². The Morgan fingerprint density at radius 3 is 2.75 bits per heavy atom. The van der Waals surface area contributed by atoms with Crippen LogP contribution in [0.15, 0.2) is 17.5 Å². The van der Waals surface area contributed by atoms with Crippen LogP contribution < -0.4 is 4.90 Å². The Hall–Kier alpha value is -2.90. The van der Waals surface area contributed by atoms with Crippen LogP contribution in [0.1, 0.15) is 12.5 Å². The first kappa shape index (κ1) is 19.9. The third-order valence-electron chi connectivity index (χ3n) is 5.00. The van der Waals surface area contributed by atoms with Gasteiger partial charge in [-0.25, -0.2) is 9.97 Å². The van der Waals surface area contributed by atoms with E-state index in [1.54, 1.807) is 11.2 Å². The van der Waals surface area contributed by atoms with E-state index in [1.165, 1.54) is 0 Å². The van der Waals surface area contributed by atoms with Crippen molar-refractivity contribution >= 4 is 22.8 Å². The minimum atomic E-state index is -0.0789. The monoisotopic (exact) mass is 386 g/mol. The number of aliphatic imine (C=N–C) groups is 1. The number of anilines is 1. The topological polar surface area (TPSA) is 128 Å². The Balaban J connectivity index is 1.83. The summed E-state index contributed by atoms with van der Waals surface area (Å²) in [5.41, 5.74) is 1.92. The number of hydrogen-bond donors (Lipinski definition) is 3. The zero-order valence-corrected chi connectivity index (χ0v) is 16.2. The molecule has 1 unspecified atom stereocenters. The Labute approximate surface area is 163 Å². The number of aromatic nitrogens is 3. The molecule has 1 aliphatic heterocycles. The van der Waals surface area contributed by atoms with Gasteiger partial charge in [0.05, 0.1) is 18.6 Å². The van der Waals surface area contributed by atoms with Crippen LogP contribution >= 0.6 is 0 Å². The fourth-order valence-electron chi connectivity index (χ4n) is 3.70. The SMILES string of the molecule is Cc1c[nH]c2ncnc(N3CCN(C(=NC#N)N(CCO)CCO)C(C)C3)c12. The lowest BCUT2D eigenvalue weighted by Gasteiger charge is -2.44. The third kappa shape index (κ3) is 3.85. The number of aliphatic hydroxyl groups excluding tert-OH is 2. The molecular weight excluding hydrogens is 360 g/mol. The molecule has 3 heterocycles. The van der Waals surface area contributed by atoms with E-state index >= 15 is 0 Å². The Kier molecular flexibility index (Phi) is 6.28. The summed E-state index contributed by atoms with van der Waals surface area (Å²) >= 11 is 0. The smallest absolute Gasteiger partial charge is 0.213 e. The summed E-state index contributed by atoms with van der Waals surface area (Å²) in [6.45, 7) is 6.61. The maximum absolute atomic E-state index is 9.34. The Bertz CT molecular complexity index is 868. The minimum Gasteiger partial charge on any atom is -0.395 e. The molecule has 1 saturated heterocycles. The summed E-state index contributed by atoms with van der Waals surface area (Å²) in [7, 11) is 0. The van der Waals surface area contributed by atoms with Gasteiger partial charge < -0.3 is 29.9 Å². The molecule has 2 aromatic rings. The highest BCUT2D eigenvalue weighted by Crippen LogP contribution is 2.27. The van der Waals surface area contributed by atoms with Gasteiger partial charge in [0.1, 0.15) is 17.8 Å². The van der Waals surface area contributed by atoms with Gasteiger partial charge in [0.15, 0.2) is 0 Å². The number of aryl methyl sites for hydroxylation is 1. The lowest BCUT2D eigenvalue weighted by molar-refractivity contribution is 0.184. The standard InChI is InChI=1S/C18H26N8O2/c1-13-9-20-16-15(13)17(23-12-22-16)25-3-4-26(14(2)10-25)18(21-11-19)24(5-7-27)6-8-28/h9,12,14,27-28H,3-8,10H2,1-2H3,(H,20,22,23). The van der Waals surface area contributed by atoms with E-state index in [0.29, 0.717) is 38.7 Å². The quantitative estimate of drug-likeness (QED) is 0.369. The molecule has 0 aliphatic carbocycles. The number of nitrogens with zero attached hydrogens (tertiary/aromatic N) is 7. The third-order valence-corrected chi connectivity index (χ3v) is 5.00. The summed E-state index contributed by atoms with van der Waals surface area (Å²) in [6, 6.07) is 0.0602. The highest BCUT2D eigenvalue weighted by atomic mass is 16.3. The number of nitriles is 1. The molecule has 0 spiro atoms. The maximum atomic E-state index is 9.34. The number of guanidine groups is 1. The second-order valence-corrected chi connectivity index (χ2v) is 6.83. The fraction of sp³-hybridized carbons (Fsp3) is 0.556. The lowest BCUT2D eigenvalue weighted by Crippen LogP contribution is -2.58. The molecule has 0 amide bonds. The van der Waals surface area contributed by atoms with Gasteiger partial charge in [0.25, 0.3) is 0 Å².